The Hall–Kier alpha value is -2.81. The lowest BCUT2D eigenvalue weighted by Crippen LogP contribution is -2.25. The van der Waals surface area contributed by atoms with Crippen LogP contribution < -0.4 is 14.8 Å². The molecule has 146 valence electrons. The van der Waals surface area contributed by atoms with Crippen molar-refractivity contribution in [3.63, 3.8) is 0 Å². The van der Waals surface area contributed by atoms with Gasteiger partial charge in [-0.05, 0) is 30.3 Å². The van der Waals surface area contributed by atoms with Crippen LogP contribution in [0.2, 0.25) is 0 Å². The van der Waals surface area contributed by atoms with E-state index >= 15 is 0 Å². The van der Waals surface area contributed by atoms with Gasteiger partial charge < -0.3 is 19.5 Å². The van der Waals surface area contributed by atoms with E-state index in [9.17, 15) is 18.0 Å². The van der Waals surface area contributed by atoms with E-state index in [2.05, 4.69) is 10.3 Å². The number of rotatable bonds is 9. The Morgan fingerprint density at radius 3 is 2.63 bits per heavy atom. The smallest absolute Gasteiger partial charge is 0.422 e. The van der Waals surface area contributed by atoms with Gasteiger partial charge in [0.05, 0.1) is 24.4 Å². The summed E-state index contributed by atoms with van der Waals surface area (Å²) in [5.41, 5.74) is 0.543. The molecule has 9 heteroatoms. The number of alkyl halides is 3. The molecule has 0 saturated carbocycles. The van der Waals surface area contributed by atoms with E-state index in [0.717, 1.165) is 0 Å². The van der Waals surface area contributed by atoms with E-state index in [1.807, 2.05) is 0 Å². The van der Waals surface area contributed by atoms with E-state index in [1.165, 1.54) is 25.3 Å². The fraction of sp³-hybridized carbons (Fsp3) is 0.333. The van der Waals surface area contributed by atoms with Crippen molar-refractivity contribution < 1.29 is 32.2 Å². The van der Waals surface area contributed by atoms with Gasteiger partial charge in [0.1, 0.15) is 18.1 Å². The Labute approximate surface area is 154 Å². The van der Waals surface area contributed by atoms with Crippen molar-refractivity contribution in [2.45, 2.75) is 12.7 Å². The lowest BCUT2D eigenvalue weighted by atomic mass is 10.1. The highest BCUT2D eigenvalue weighted by Gasteiger charge is 2.29. The third-order valence-electron chi connectivity index (χ3n) is 3.30. The van der Waals surface area contributed by atoms with Crippen molar-refractivity contribution >= 4 is 5.91 Å². The number of halogens is 3. The third kappa shape index (κ3) is 7.14. The summed E-state index contributed by atoms with van der Waals surface area (Å²) in [6.07, 6.45) is -2.95. The standard InChI is InChI=1S/C18H19F3N2O4/c1-25-8-9-26-14-5-6-16(27-12-18(19,20)21)15(10-14)17(24)23-11-13-4-2-3-7-22-13/h2-7,10H,8-9,11-12H2,1H3,(H,23,24). The van der Waals surface area contributed by atoms with Crippen LogP contribution in [0.4, 0.5) is 13.2 Å². The number of nitrogens with zero attached hydrogens (tertiary/aromatic N) is 1. The highest BCUT2D eigenvalue weighted by atomic mass is 19.4. The Morgan fingerprint density at radius 1 is 1.15 bits per heavy atom. The fourth-order valence-electron chi connectivity index (χ4n) is 2.07. The Bertz CT molecular complexity index is 739. The number of ether oxygens (including phenoxy) is 3. The minimum absolute atomic E-state index is 0.0647. The van der Waals surface area contributed by atoms with Crippen LogP contribution in [0.25, 0.3) is 0 Å². The average molecular weight is 384 g/mol. The van der Waals surface area contributed by atoms with Crippen molar-refractivity contribution in [1.82, 2.24) is 10.3 Å². The molecule has 0 bridgehead atoms. The van der Waals surface area contributed by atoms with Gasteiger partial charge in [-0.25, -0.2) is 0 Å². The lowest BCUT2D eigenvalue weighted by molar-refractivity contribution is -0.153. The molecule has 1 aromatic heterocycles. The molecule has 1 amide bonds. The number of hydrogen-bond acceptors (Lipinski definition) is 5. The van der Waals surface area contributed by atoms with Crippen molar-refractivity contribution in [2.75, 3.05) is 26.9 Å². The molecule has 0 unspecified atom stereocenters. The van der Waals surface area contributed by atoms with Gasteiger partial charge in [-0.1, -0.05) is 6.07 Å². The van der Waals surface area contributed by atoms with Crippen LogP contribution in [0.3, 0.4) is 0 Å². The lowest BCUT2D eigenvalue weighted by Gasteiger charge is -2.15. The van der Waals surface area contributed by atoms with Gasteiger partial charge in [0.25, 0.3) is 5.91 Å². The minimum Gasteiger partial charge on any atom is -0.491 e. The zero-order valence-corrected chi connectivity index (χ0v) is 14.6. The van der Waals surface area contributed by atoms with E-state index < -0.39 is 18.7 Å². The number of carbonyl (C=O) groups excluding carboxylic acids is 1. The summed E-state index contributed by atoms with van der Waals surface area (Å²) in [5, 5.41) is 2.60. The van der Waals surface area contributed by atoms with Crippen LogP contribution >= 0.6 is 0 Å². The molecular weight excluding hydrogens is 365 g/mol. The maximum atomic E-state index is 12.5. The number of amides is 1. The highest BCUT2D eigenvalue weighted by Crippen LogP contribution is 2.26. The predicted molar refractivity (Wildman–Crippen MR) is 90.8 cm³/mol. The maximum Gasteiger partial charge on any atom is 0.422 e. The van der Waals surface area contributed by atoms with Crippen molar-refractivity contribution in [3.05, 3.63) is 53.9 Å². The summed E-state index contributed by atoms with van der Waals surface area (Å²) in [4.78, 5) is 16.5. The van der Waals surface area contributed by atoms with Crippen LogP contribution in [0, 0.1) is 0 Å². The first kappa shape index (κ1) is 20.5. The van der Waals surface area contributed by atoms with Gasteiger partial charge in [-0.3, -0.25) is 9.78 Å². The first-order valence-corrected chi connectivity index (χ1v) is 8.02. The zero-order valence-electron chi connectivity index (χ0n) is 14.6. The molecule has 2 rings (SSSR count). The second-order valence-electron chi connectivity index (χ2n) is 5.41. The van der Waals surface area contributed by atoms with Gasteiger partial charge >= 0.3 is 6.18 Å². The van der Waals surface area contributed by atoms with Crippen LogP contribution in [0.5, 0.6) is 11.5 Å². The molecular formula is C18H19F3N2O4. The molecule has 6 nitrogen and oxygen atoms in total. The molecule has 1 heterocycles. The number of pyridine rings is 1. The summed E-state index contributed by atoms with van der Waals surface area (Å²) in [6.45, 7) is -0.827. The summed E-state index contributed by atoms with van der Waals surface area (Å²) < 4.78 is 52.4. The highest BCUT2D eigenvalue weighted by molar-refractivity contribution is 5.97. The first-order valence-electron chi connectivity index (χ1n) is 8.02. The Kier molecular flexibility index (Phi) is 7.42. The number of nitrogens with one attached hydrogen (secondary N) is 1. The van der Waals surface area contributed by atoms with Crippen LogP contribution in [0.1, 0.15) is 16.1 Å². The molecule has 0 aliphatic rings. The molecule has 0 atom stereocenters. The van der Waals surface area contributed by atoms with E-state index in [0.29, 0.717) is 18.1 Å². The van der Waals surface area contributed by atoms with Crippen LogP contribution in [-0.2, 0) is 11.3 Å². The average Bonchev–Trinajstić information content (AvgIpc) is 2.65. The number of aromatic nitrogens is 1. The quantitative estimate of drug-likeness (QED) is 0.673. The molecule has 0 aliphatic heterocycles. The summed E-state index contributed by atoms with van der Waals surface area (Å²) >= 11 is 0. The summed E-state index contributed by atoms with van der Waals surface area (Å²) in [5.74, 6) is -0.477. The van der Waals surface area contributed by atoms with E-state index in [1.54, 1.807) is 24.4 Å². The molecule has 1 aromatic carbocycles. The van der Waals surface area contributed by atoms with Gasteiger partial charge in [0.2, 0.25) is 0 Å². The number of methoxy groups -OCH3 is 1. The fourth-order valence-corrected chi connectivity index (χ4v) is 2.07. The minimum atomic E-state index is -4.52. The Balaban J connectivity index is 2.14. The molecule has 2 aromatic rings. The molecule has 27 heavy (non-hydrogen) atoms. The summed E-state index contributed by atoms with van der Waals surface area (Å²) in [6, 6.07) is 9.23. The second-order valence-corrected chi connectivity index (χ2v) is 5.41. The van der Waals surface area contributed by atoms with Crippen molar-refractivity contribution in [3.8, 4) is 11.5 Å². The Morgan fingerprint density at radius 2 is 1.96 bits per heavy atom. The molecule has 1 N–H and O–H groups in total. The van der Waals surface area contributed by atoms with Crippen molar-refractivity contribution in [2.24, 2.45) is 0 Å². The molecule has 0 aliphatic carbocycles. The molecule has 0 fully saturated rings. The third-order valence-corrected chi connectivity index (χ3v) is 3.30. The van der Waals surface area contributed by atoms with Crippen LogP contribution in [0.15, 0.2) is 42.6 Å². The second kappa shape index (κ2) is 9.77. The van der Waals surface area contributed by atoms with Crippen molar-refractivity contribution in [1.29, 1.82) is 0 Å². The van der Waals surface area contributed by atoms with E-state index in [-0.39, 0.29) is 24.5 Å². The van der Waals surface area contributed by atoms with Gasteiger partial charge in [0, 0.05) is 13.3 Å². The largest absolute Gasteiger partial charge is 0.491 e. The number of carbonyl (C=O) groups is 1. The monoisotopic (exact) mass is 384 g/mol. The van der Waals surface area contributed by atoms with Gasteiger partial charge in [0.15, 0.2) is 6.61 Å². The first-order chi connectivity index (χ1) is 12.9. The normalized spacial score (nSPS) is 11.1. The molecule has 0 radical (unpaired) electrons. The molecule has 0 saturated heterocycles. The topological polar surface area (TPSA) is 69.7 Å². The predicted octanol–water partition coefficient (Wildman–Crippen LogP) is 2.98. The van der Waals surface area contributed by atoms with Crippen LogP contribution in [-0.4, -0.2) is 44.0 Å². The zero-order chi connectivity index (χ0) is 19.7. The number of hydrogen-bond donors (Lipinski definition) is 1. The molecule has 0 spiro atoms. The SMILES string of the molecule is COCCOc1ccc(OCC(F)(F)F)c(C(=O)NCc2ccccn2)c1. The van der Waals surface area contributed by atoms with Gasteiger partial charge in [-0.2, -0.15) is 13.2 Å². The van der Waals surface area contributed by atoms with E-state index in [4.69, 9.17) is 14.2 Å². The summed E-state index contributed by atoms with van der Waals surface area (Å²) in [7, 11) is 1.51. The number of benzene rings is 1. The maximum absolute atomic E-state index is 12.5. The van der Waals surface area contributed by atoms with Gasteiger partial charge in [-0.15, -0.1) is 0 Å².